The topological polar surface area (TPSA) is 129 Å². The molecule has 0 saturated carbocycles. The first kappa shape index (κ1) is 13.7. The van der Waals surface area contributed by atoms with Crippen LogP contribution in [0.5, 0.6) is 0 Å². The van der Waals surface area contributed by atoms with E-state index < -0.39 is 5.91 Å². The quantitative estimate of drug-likeness (QED) is 0.675. The fourth-order valence-corrected chi connectivity index (χ4v) is 1.57. The van der Waals surface area contributed by atoms with Crippen molar-refractivity contribution >= 4 is 17.5 Å². The molecule has 1 heterocycles. The molecule has 20 heavy (non-hydrogen) atoms. The van der Waals surface area contributed by atoms with Crippen LogP contribution in [0, 0.1) is 0 Å². The van der Waals surface area contributed by atoms with Crippen molar-refractivity contribution in [3.63, 3.8) is 0 Å². The van der Waals surface area contributed by atoms with Crippen LogP contribution < -0.4 is 16.8 Å². The number of carbonyl (C=O) groups is 2. The van der Waals surface area contributed by atoms with Crippen LogP contribution in [0.1, 0.15) is 16.1 Å². The lowest BCUT2D eigenvalue weighted by atomic mass is 10.2. The van der Waals surface area contributed by atoms with Crippen molar-refractivity contribution < 1.29 is 9.59 Å². The molecule has 104 valence electrons. The van der Waals surface area contributed by atoms with Gasteiger partial charge < -0.3 is 16.8 Å². The van der Waals surface area contributed by atoms with Gasteiger partial charge in [0.15, 0.2) is 0 Å². The van der Waals surface area contributed by atoms with Gasteiger partial charge in [0.05, 0.1) is 11.9 Å². The van der Waals surface area contributed by atoms with Gasteiger partial charge in [0.2, 0.25) is 11.8 Å². The zero-order valence-corrected chi connectivity index (χ0v) is 10.6. The lowest BCUT2D eigenvalue weighted by Crippen LogP contribution is -2.19. The fraction of sp³-hybridized carbons (Fsp3) is 0.167. The van der Waals surface area contributed by atoms with E-state index in [4.69, 9.17) is 11.5 Å². The zero-order chi connectivity index (χ0) is 14.5. The van der Waals surface area contributed by atoms with Crippen molar-refractivity contribution in [2.24, 2.45) is 11.5 Å². The van der Waals surface area contributed by atoms with Crippen molar-refractivity contribution in [1.82, 2.24) is 15.0 Å². The molecule has 8 nitrogen and oxygen atoms in total. The number of nitrogens with one attached hydrogen (secondary N) is 1. The molecule has 8 heteroatoms. The average Bonchev–Trinajstić information content (AvgIpc) is 2.86. The van der Waals surface area contributed by atoms with E-state index in [0.29, 0.717) is 16.9 Å². The highest BCUT2D eigenvalue weighted by Crippen LogP contribution is 2.09. The average molecular weight is 274 g/mol. The minimum Gasteiger partial charge on any atom is -0.366 e. The van der Waals surface area contributed by atoms with E-state index in [1.54, 1.807) is 30.5 Å². The fourth-order valence-electron chi connectivity index (χ4n) is 1.57. The summed E-state index contributed by atoms with van der Waals surface area (Å²) in [5.74, 6) is -0.773. The van der Waals surface area contributed by atoms with Gasteiger partial charge in [0.1, 0.15) is 6.54 Å². The molecule has 2 rings (SSSR count). The Balaban J connectivity index is 1.95. The second kappa shape index (κ2) is 5.93. The molecule has 0 aliphatic rings. The van der Waals surface area contributed by atoms with E-state index in [0.717, 1.165) is 0 Å². The van der Waals surface area contributed by atoms with Crippen molar-refractivity contribution in [3.05, 3.63) is 41.7 Å². The van der Waals surface area contributed by atoms with Gasteiger partial charge >= 0.3 is 0 Å². The van der Waals surface area contributed by atoms with Crippen molar-refractivity contribution in [2.75, 3.05) is 5.32 Å². The van der Waals surface area contributed by atoms with E-state index in [2.05, 4.69) is 15.6 Å². The van der Waals surface area contributed by atoms with Gasteiger partial charge in [-0.05, 0) is 24.3 Å². The SMILES string of the molecule is NCc1cn(CC(=O)Nc2ccc(C(N)=O)cc2)nn1. The molecule has 0 fully saturated rings. The number of primary amides is 1. The Bertz CT molecular complexity index is 619. The minimum absolute atomic E-state index is 0.0323. The molecule has 2 amide bonds. The summed E-state index contributed by atoms with van der Waals surface area (Å²) < 4.78 is 1.40. The molecule has 0 atom stereocenters. The lowest BCUT2D eigenvalue weighted by molar-refractivity contribution is -0.116. The van der Waals surface area contributed by atoms with Gasteiger partial charge in [0.25, 0.3) is 0 Å². The standard InChI is InChI=1S/C12H14N6O2/c13-5-10-6-18(17-16-10)7-11(19)15-9-3-1-8(2-4-9)12(14)20/h1-4,6H,5,7,13H2,(H2,14,20)(H,15,19). The van der Waals surface area contributed by atoms with Gasteiger partial charge in [-0.25, -0.2) is 4.68 Å². The Labute approximate surface area is 114 Å². The van der Waals surface area contributed by atoms with Gasteiger partial charge in [-0.15, -0.1) is 5.10 Å². The molecule has 0 unspecified atom stereocenters. The Hall–Kier alpha value is -2.74. The number of nitrogens with two attached hydrogens (primary N) is 2. The molecular weight excluding hydrogens is 260 g/mol. The molecule has 0 saturated heterocycles. The molecule has 0 aliphatic heterocycles. The molecule has 0 aliphatic carbocycles. The summed E-state index contributed by atoms with van der Waals surface area (Å²) >= 11 is 0. The number of hydrogen-bond donors (Lipinski definition) is 3. The highest BCUT2D eigenvalue weighted by Gasteiger charge is 2.06. The summed E-state index contributed by atoms with van der Waals surface area (Å²) in [5, 5.41) is 10.2. The third-order valence-electron chi connectivity index (χ3n) is 2.55. The molecule has 0 bridgehead atoms. The summed E-state index contributed by atoms with van der Waals surface area (Å²) in [7, 11) is 0. The van der Waals surface area contributed by atoms with Gasteiger partial charge in [0, 0.05) is 17.8 Å². The minimum atomic E-state index is -0.514. The van der Waals surface area contributed by atoms with E-state index >= 15 is 0 Å². The van der Waals surface area contributed by atoms with E-state index in [1.165, 1.54) is 4.68 Å². The van der Waals surface area contributed by atoms with E-state index in [9.17, 15) is 9.59 Å². The number of aromatic nitrogens is 3. The highest BCUT2D eigenvalue weighted by atomic mass is 16.2. The van der Waals surface area contributed by atoms with Crippen LogP contribution in [0.2, 0.25) is 0 Å². The molecule has 1 aromatic carbocycles. The number of nitrogens with zero attached hydrogens (tertiary/aromatic N) is 3. The van der Waals surface area contributed by atoms with Gasteiger partial charge in [-0.3, -0.25) is 9.59 Å². The monoisotopic (exact) mass is 274 g/mol. The maximum absolute atomic E-state index is 11.8. The van der Waals surface area contributed by atoms with Crippen LogP contribution in [-0.4, -0.2) is 26.8 Å². The first-order chi connectivity index (χ1) is 9.58. The second-order valence-corrected chi connectivity index (χ2v) is 4.10. The van der Waals surface area contributed by atoms with Crippen LogP contribution in [0.4, 0.5) is 5.69 Å². The predicted octanol–water partition coefficient (Wildman–Crippen LogP) is -0.526. The number of amides is 2. The third-order valence-corrected chi connectivity index (χ3v) is 2.55. The summed E-state index contributed by atoms with van der Waals surface area (Å²) in [6, 6.07) is 6.29. The maximum Gasteiger partial charge on any atom is 0.248 e. The first-order valence-electron chi connectivity index (χ1n) is 5.87. The van der Waals surface area contributed by atoms with Gasteiger partial charge in [-0.2, -0.15) is 0 Å². The molecule has 2 aromatic rings. The number of benzene rings is 1. The molecule has 5 N–H and O–H groups in total. The van der Waals surface area contributed by atoms with Crippen LogP contribution in [-0.2, 0) is 17.9 Å². The van der Waals surface area contributed by atoms with Crippen molar-refractivity contribution in [3.8, 4) is 0 Å². The largest absolute Gasteiger partial charge is 0.366 e. The van der Waals surface area contributed by atoms with Gasteiger partial charge in [-0.1, -0.05) is 5.21 Å². The summed E-state index contributed by atoms with van der Waals surface area (Å²) in [6.45, 7) is 0.306. The van der Waals surface area contributed by atoms with E-state index in [1.807, 2.05) is 0 Å². The van der Waals surface area contributed by atoms with E-state index in [-0.39, 0.29) is 19.0 Å². The molecule has 1 aromatic heterocycles. The van der Waals surface area contributed by atoms with Crippen LogP contribution in [0.3, 0.4) is 0 Å². The number of anilines is 1. The number of carbonyl (C=O) groups excluding carboxylic acids is 2. The Morgan fingerprint density at radius 3 is 2.50 bits per heavy atom. The Morgan fingerprint density at radius 1 is 1.25 bits per heavy atom. The molecule has 0 spiro atoms. The maximum atomic E-state index is 11.8. The summed E-state index contributed by atoms with van der Waals surface area (Å²) in [5.41, 5.74) is 12.1. The highest BCUT2D eigenvalue weighted by molar-refractivity contribution is 5.94. The molecule has 0 radical (unpaired) electrons. The predicted molar refractivity (Wildman–Crippen MR) is 71.5 cm³/mol. The second-order valence-electron chi connectivity index (χ2n) is 4.10. The van der Waals surface area contributed by atoms with Crippen molar-refractivity contribution in [1.29, 1.82) is 0 Å². The zero-order valence-electron chi connectivity index (χ0n) is 10.6. The van der Waals surface area contributed by atoms with Crippen LogP contribution >= 0.6 is 0 Å². The summed E-state index contributed by atoms with van der Waals surface area (Å²) in [6.07, 6.45) is 1.61. The normalized spacial score (nSPS) is 10.2. The summed E-state index contributed by atoms with van der Waals surface area (Å²) in [4.78, 5) is 22.7. The van der Waals surface area contributed by atoms with Crippen molar-refractivity contribution in [2.45, 2.75) is 13.1 Å². The molecular formula is C12H14N6O2. The first-order valence-corrected chi connectivity index (χ1v) is 5.87. The Morgan fingerprint density at radius 2 is 1.95 bits per heavy atom. The smallest absolute Gasteiger partial charge is 0.248 e. The third kappa shape index (κ3) is 3.39. The Kier molecular flexibility index (Phi) is 4.06. The number of rotatable bonds is 5. The van der Waals surface area contributed by atoms with Crippen LogP contribution in [0.25, 0.3) is 0 Å². The van der Waals surface area contributed by atoms with Crippen LogP contribution in [0.15, 0.2) is 30.5 Å². The number of hydrogen-bond acceptors (Lipinski definition) is 5. The lowest BCUT2D eigenvalue weighted by Gasteiger charge is -2.05.